The number of aliphatic carboxylic acids is 1. The summed E-state index contributed by atoms with van der Waals surface area (Å²) in [4.78, 5) is 24.2. The van der Waals surface area contributed by atoms with Gasteiger partial charge in [-0.05, 0) is 7.05 Å². The standard InChI is InChI=1S/C9H16N2O3S/c1-6(3-10-2)8(12)11-5-15-4-7(11)9(13)14/h6-7,10H,3-5H2,1-2H3,(H,13,14). The van der Waals surface area contributed by atoms with Gasteiger partial charge in [0.15, 0.2) is 0 Å². The number of carbonyl (C=O) groups is 2. The molecule has 86 valence electrons. The molecule has 0 aromatic carbocycles. The fraction of sp³-hybridized carbons (Fsp3) is 0.778. The largest absolute Gasteiger partial charge is 0.480 e. The van der Waals surface area contributed by atoms with Crippen molar-refractivity contribution in [1.82, 2.24) is 10.2 Å². The third-order valence-electron chi connectivity index (χ3n) is 2.38. The molecule has 2 atom stereocenters. The van der Waals surface area contributed by atoms with Gasteiger partial charge in [-0.25, -0.2) is 4.79 Å². The average molecular weight is 232 g/mol. The Labute approximate surface area is 93.2 Å². The number of carboxylic acids is 1. The van der Waals surface area contributed by atoms with E-state index >= 15 is 0 Å². The summed E-state index contributed by atoms with van der Waals surface area (Å²) in [5.41, 5.74) is 0. The molecule has 0 bridgehead atoms. The van der Waals surface area contributed by atoms with Gasteiger partial charge in [-0.2, -0.15) is 0 Å². The molecule has 1 saturated heterocycles. The number of carboxylic acid groups (broad SMARTS) is 1. The summed E-state index contributed by atoms with van der Waals surface area (Å²) in [5, 5.41) is 11.8. The molecule has 1 rings (SSSR count). The van der Waals surface area contributed by atoms with Crippen LogP contribution in [0.5, 0.6) is 0 Å². The molecule has 6 heteroatoms. The summed E-state index contributed by atoms with van der Waals surface area (Å²) in [7, 11) is 1.77. The lowest BCUT2D eigenvalue weighted by Gasteiger charge is -2.23. The summed E-state index contributed by atoms with van der Waals surface area (Å²) < 4.78 is 0. The highest BCUT2D eigenvalue weighted by Gasteiger charge is 2.35. The molecule has 1 amide bonds. The Morgan fingerprint density at radius 1 is 1.67 bits per heavy atom. The Bertz CT molecular complexity index is 260. The van der Waals surface area contributed by atoms with Gasteiger partial charge in [0.1, 0.15) is 6.04 Å². The third kappa shape index (κ3) is 2.85. The molecular formula is C9H16N2O3S. The lowest BCUT2D eigenvalue weighted by molar-refractivity contribution is -0.149. The van der Waals surface area contributed by atoms with Gasteiger partial charge < -0.3 is 15.3 Å². The lowest BCUT2D eigenvalue weighted by atomic mass is 10.1. The van der Waals surface area contributed by atoms with E-state index in [4.69, 9.17) is 5.11 Å². The van der Waals surface area contributed by atoms with Gasteiger partial charge in [-0.3, -0.25) is 4.79 Å². The molecule has 0 aromatic heterocycles. The van der Waals surface area contributed by atoms with Crippen molar-refractivity contribution in [3.8, 4) is 0 Å². The molecule has 1 fully saturated rings. The minimum Gasteiger partial charge on any atom is -0.480 e. The summed E-state index contributed by atoms with van der Waals surface area (Å²) >= 11 is 1.49. The van der Waals surface area contributed by atoms with Gasteiger partial charge in [-0.15, -0.1) is 11.8 Å². The third-order valence-corrected chi connectivity index (χ3v) is 3.39. The summed E-state index contributed by atoms with van der Waals surface area (Å²) in [5.74, 6) is -0.181. The van der Waals surface area contributed by atoms with E-state index in [9.17, 15) is 9.59 Å². The van der Waals surface area contributed by atoms with Crippen LogP contribution in [-0.2, 0) is 9.59 Å². The minimum atomic E-state index is -0.912. The Hall–Kier alpha value is -0.750. The van der Waals surface area contributed by atoms with Gasteiger partial charge in [0.05, 0.1) is 5.88 Å². The molecule has 0 radical (unpaired) electrons. The molecule has 2 unspecified atom stereocenters. The number of nitrogens with one attached hydrogen (secondary N) is 1. The van der Waals surface area contributed by atoms with Crippen LogP contribution in [0.15, 0.2) is 0 Å². The number of rotatable bonds is 4. The molecule has 0 saturated carbocycles. The smallest absolute Gasteiger partial charge is 0.327 e. The highest BCUT2D eigenvalue weighted by atomic mass is 32.2. The predicted molar refractivity (Wildman–Crippen MR) is 58.7 cm³/mol. The minimum absolute atomic E-state index is 0.0817. The van der Waals surface area contributed by atoms with Crippen LogP contribution in [0.1, 0.15) is 6.92 Å². The van der Waals surface area contributed by atoms with Crippen LogP contribution in [0.4, 0.5) is 0 Å². The zero-order chi connectivity index (χ0) is 11.4. The van der Waals surface area contributed by atoms with Crippen LogP contribution in [0.2, 0.25) is 0 Å². The van der Waals surface area contributed by atoms with Gasteiger partial charge in [0.25, 0.3) is 0 Å². The Kier molecular flexibility index (Phi) is 4.41. The van der Waals surface area contributed by atoms with Crippen LogP contribution < -0.4 is 5.32 Å². The van der Waals surface area contributed by atoms with Crippen LogP contribution in [0.25, 0.3) is 0 Å². The number of nitrogens with zero attached hydrogens (tertiary/aromatic N) is 1. The fourth-order valence-electron chi connectivity index (χ4n) is 1.54. The van der Waals surface area contributed by atoms with E-state index in [1.54, 1.807) is 14.0 Å². The molecule has 15 heavy (non-hydrogen) atoms. The van der Waals surface area contributed by atoms with Crippen LogP contribution >= 0.6 is 11.8 Å². The number of carbonyl (C=O) groups excluding carboxylic acids is 1. The maximum absolute atomic E-state index is 11.9. The van der Waals surface area contributed by atoms with E-state index in [-0.39, 0.29) is 11.8 Å². The van der Waals surface area contributed by atoms with Crippen LogP contribution in [0, 0.1) is 5.92 Å². The summed E-state index contributed by atoms with van der Waals surface area (Å²) in [6.45, 7) is 2.38. The normalized spacial score (nSPS) is 22.8. The first-order chi connectivity index (χ1) is 7.07. The molecule has 1 aliphatic heterocycles. The summed E-state index contributed by atoms with van der Waals surface area (Å²) in [6, 6.07) is -0.651. The maximum Gasteiger partial charge on any atom is 0.327 e. The molecule has 2 N–H and O–H groups in total. The quantitative estimate of drug-likeness (QED) is 0.704. The van der Waals surface area contributed by atoms with Crippen molar-refractivity contribution in [3.63, 3.8) is 0 Å². The number of amides is 1. The first kappa shape index (κ1) is 12.3. The van der Waals surface area contributed by atoms with Crippen molar-refractivity contribution in [1.29, 1.82) is 0 Å². The second-order valence-corrected chi connectivity index (χ2v) is 4.62. The highest BCUT2D eigenvalue weighted by Crippen LogP contribution is 2.22. The van der Waals surface area contributed by atoms with Gasteiger partial charge in [0.2, 0.25) is 5.91 Å². The highest BCUT2D eigenvalue weighted by molar-refractivity contribution is 7.99. The maximum atomic E-state index is 11.9. The topological polar surface area (TPSA) is 69.6 Å². The Morgan fingerprint density at radius 3 is 2.87 bits per heavy atom. The molecule has 1 aliphatic rings. The zero-order valence-electron chi connectivity index (χ0n) is 8.90. The van der Waals surface area contributed by atoms with Gasteiger partial charge >= 0.3 is 5.97 Å². The van der Waals surface area contributed by atoms with Gasteiger partial charge in [0, 0.05) is 18.2 Å². The lowest BCUT2D eigenvalue weighted by Crippen LogP contribution is -2.45. The number of hydrogen-bond donors (Lipinski definition) is 2. The second kappa shape index (κ2) is 5.37. The van der Waals surface area contributed by atoms with Gasteiger partial charge in [-0.1, -0.05) is 6.92 Å². The molecule has 0 aromatic rings. The average Bonchev–Trinajstić information content (AvgIpc) is 2.65. The summed E-state index contributed by atoms with van der Waals surface area (Å²) in [6.07, 6.45) is 0. The molecule has 0 aliphatic carbocycles. The molecule has 1 heterocycles. The van der Waals surface area contributed by atoms with E-state index in [1.165, 1.54) is 16.7 Å². The SMILES string of the molecule is CNCC(C)C(=O)N1CSCC1C(=O)O. The van der Waals surface area contributed by atoms with Crippen molar-refractivity contribution in [2.24, 2.45) is 5.92 Å². The van der Waals surface area contributed by atoms with Crippen molar-refractivity contribution in [3.05, 3.63) is 0 Å². The predicted octanol–water partition coefficient (Wildman–Crippen LogP) is -0.172. The van der Waals surface area contributed by atoms with Crippen molar-refractivity contribution in [2.45, 2.75) is 13.0 Å². The zero-order valence-corrected chi connectivity index (χ0v) is 9.71. The fourth-order valence-corrected chi connectivity index (χ4v) is 2.70. The second-order valence-electron chi connectivity index (χ2n) is 3.62. The monoisotopic (exact) mass is 232 g/mol. The van der Waals surface area contributed by atoms with E-state index in [2.05, 4.69) is 5.32 Å². The first-order valence-electron chi connectivity index (χ1n) is 4.83. The van der Waals surface area contributed by atoms with E-state index in [0.717, 1.165) is 0 Å². The number of hydrogen-bond acceptors (Lipinski definition) is 4. The Balaban J connectivity index is 2.62. The van der Waals surface area contributed by atoms with E-state index in [0.29, 0.717) is 18.2 Å². The number of thioether (sulfide) groups is 1. The first-order valence-corrected chi connectivity index (χ1v) is 5.99. The Morgan fingerprint density at radius 2 is 2.33 bits per heavy atom. The molecule has 5 nitrogen and oxygen atoms in total. The van der Waals surface area contributed by atoms with Crippen molar-refractivity contribution in [2.75, 3.05) is 25.2 Å². The van der Waals surface area contributed by atoms with E-state index < -0.39 is 12.0 Å². The molecule has 0 spiro atoms. The molecular weight excluding hydrogens is 216 g/mol. The van der Waals surface area contributed by atoms with Crippen LogP contribution in [-0.4, -0.2) is 53.1 Å². The van der Waals surface area contributed by atoms with Crippen molar-refractivity contribution < 1.29 is 14.7 Å². The van der Waals surface area contributed by atoms with E-state index in [1.807, 2.05) is 0 Å². The van der Waals surface area contributed by atoms with Crippen molar-refractivity contribution >= 4 is 23.6 Å². The van der Waals surface area contributed by atoms with Crippen LogP contribution in [0.3, 0.4) is 0 Å².